The van der Waals surface area contributed by atoms with Crippen molar-refractivity contribution in [2.24, 2.45) is 5.92 Å². The van der Waals surface area contributed by atoms with Crippen molar-refractivity contribution in [1.82, 2.24) is 0 Å². The van der Waals surface area contributed by atoms with Gasteiger partial charge in [0, 0.05) is 6.07 Å². The molecular formula is C25H25F3O7. The molecule has 0 amide bonds. The minimum atomic E-state index is -5.01. The van der Waals surface area contributed by atoms with E-state index in [2.05, 4.69) is 0 Å². The number of carbonyl (C=O) groups is 1. The van der Waals surface area contributed by atoms with Crippen LogP contribution in [0.2, 0.25) is 0 Å². The number of esters is 1. The first kappa shape index (κ1) is 25.9. The highest BCUT2D eigenvalue weighted by molar-refractivity contribution is 5.80. The average molecular weight is 494 g/mol. The van der Waals surface area contributed by atoms with Gasteiger partial charge in [0.25, 0.3) is 5.76 Å². The minimum Gasteiger partial charge on any atom is -0.497 e. The van der Waals surface area contributed by atoms with Gasteiger partial charge in [0.15, 0.2) is 6.10 Å². The summed E-state index contributed by atoms with van der Waals surface area (Å²) in [7, 11) is 1.43. The fourth-order valence-electron chi connectivity index (χ4n) is 3.04. The van der Waals surface area contributed by atoms with E-state index in [1.807, 2.05) is 13.8 Å². The predicted molar refractivity (Wildman–Crippen MR) is 121 cm³/mol. The number of fused-ring (bicyclic) bond motifs is 1. The monoisotopic (exact) mass is 494 g/mol. The zero-order valence-electron chi connectivity index (χ0n) is 19.6. The summed E-state index contributed by atoms with van der Waals surface area (Å²) in [6.45, 7) is 5.65. The van der Waals surface area contributed by atoms with E-state index in [0.29, 0.717) is 18.1 Å². The van der Waals surface area contributed by atoms with Crippen molar-refractivity contribution in [3.63, 3.8) is 0 Å². The summed E-state index contributed by atoms with van der Waals surface area (Å²) in [4.78, 5) is 25.0. The number of alkyl halides is 3. The molecule has 0 aliphatic heterocycles. The topological polar surface area (TPSA) is 84.2 Å². The first-order chi connectivity index (χ1) is 16.5. The van der Waals surface area contributed by atoms with Gasteiger partial charge >= 0.3 is 12.1 Å². The van der Waals surface area contributed by atoms with Crippen molar-refractivity contribution in [2.75, 3.05) is 13.7 Å². The second-order valence-corrected chi connectivity index (χ2v) is 8.13. The summed E-state index contributed by atoms with van der Waals surface area (Å²) < 4.78 is 67.2. The van der Waals surface area contributed by atoms with Gasteiger partial charge in [0.1, 0.15) is 22.8 Å². The van der Waals surface area contributed by atoms with Crippen molar-refractivity contribution in [3.05, 3.63) is 58.4 Å². The molecule has 7 nitrogen and oxygen atoms in total. The summed E-state index contributed by atoms with van der Waals surface area (Å²) in [5.74, 6) is -2.37. The summed E-state index contributed by atoms with van der Waals surface area (Å²) in [6.07, 6.45) is -5.36. The molecule has 0 fully saturated rings. The molecule has 3 aromatic rings. The molecule has 1 atom stereocenters. The molecule has 1 aromatic heterocycles. The van der Waals surface area contributed by atoms with Crippen LogP contribution in [0.1, 0.15) is 33.0 Å². The van der Waals surface area contributed by atoms with Crippen LogP contribution in [0.5, 0.6) is 23.0 Å². The summed E-state index contributed by atoms with van der Waals surface area (Å²) >= 11 is 0. The third-order valence-electron chi connectivity index (χ3n) is 4.94. The Kier molecular flexibility index (Phi) is 7.93. The first-order valence-corrected chi connectivity index (χ1v) is 10.8. The van der Waals surface area contributed by atoms with Crippen molar-refractivity contribution in [2.45, 2.75) is 39.5 Å². The van der Waals surface area contributed by atoms with Crippen molar-refractivity contribution < 1.29 is 41.3 Å². The van der Waals surface area contributed by atoms with E-state index in [1.165, 1.54) is 50.4 Å². The molecule has 2 aromatic carbocycles. The molecule has 0 aliphatic carbocycles. The maximum Gasteiger partial charge on any atom is 0.453 e. The van der Waals surface area contributed by atoms with E-state index < -0.39 is 35.2 Å². The number of rotatable bonds is 9. The third kappa shape index (κ3) is 6.46. The lowest BCUT2D eigenvalue weighted by molar-refractivity contribution is -0.154. The summed E-state index contributed by atoms with van der Waals surface area (Å²) in [5.41, 5.74) is -1.38. The second kappa shape index (κ2) is 10.7. The van der Waals surface area contributed by atoms with Crippen LogP contribution in [0.15, 0.2) is 51.7 Å². The number of hydrogen-bond donors (Lipinski definition) is 0. The Balaban J connectivity index is 1.91. The van der Waals surface area contributed by atoms with Crippen LogP contribution < -0.4 is 19.6 Å². The van der Waals surface area contributed by atoms with E-state index in [-0.39, 0.29) is 29.1 Å². The van der Waals surface area contributed by atoms with Gasteiger partial charge in [-0.25, -0.2) is 4.79 Å². The van der Waals surface area contributed by atoms with Crippen LogP contribution in [0.3, 0.4) is 0 Å². The van der Waals surface area contributed by atoms with E-state index in [0.717, 1.165) is 6.07 Å². The molecule has 0 saturated heterocycles. The quantitative estimate of drug-likeness (QED) is 0.339. The molecule has 0 saturated carbocycles. The lowest BCUT2D eigenvalue weighted by Gasteiger charge is -2.16. The van der Waals surface area contributed by atoms with Gasteiger partial charge in [-0.15, -0.1) is 0 Å². The van der Waals surface area contributed by atoms with Crippen molar-refractivity contribution in [1.29, 1.82) is 0 Å². The number of hydrogen-bond acceptors (Lipinski definition) is 7. The summed E-state index contributed by atoms with van der Waals surface area (Å²) in [6, 6.07) is 9.38. The molecule has 0 bridgehead atoms. The standard InChI is InChI=1S/C25H25F3O7/c1-14(2)11-12-32-24(30)15(3)33-18-9-10-19-20(13-18)35-23(25(26,27)28)22(21(19)29)34-17-7-5-16(31-4)6-8-17/h5-10,13-15H,11-12H2,1-4H3. The van der Waals surface area contributed by atoms with E-state index in [1.54, 1.807) is 0 Å². The molecule has 188 valence electrons. The first-order valence-electron chi connectivity index (χ1n) is 10.8. The lowest BCUT2D eigenvalue weighted by Crippen LogP contribution is -2.26. The molecule has 0 radical (unpaired) electrons. The number of ether oxygens (including phenoxy) is 4. The maximum atomic E-state index is 13.7. The van der Waals surface area contributed by atoms with Gasteiger partial charge in [-0.2, -0.15) is 13.2 Å². The van der Waals surface area contributed by atoms with Gasteiger partial charge in [-0.3, -0.25) is 4.79 Å². The molecular weight excluding hydrogens is 469 g/mol. The molecule has 0 spiro atoms. The number of methoxy groups -OCH3 is 1. The maximum absolute atomic E-state index is 13.7. The van der Waals surface area contributed by atoms with Gasteiger partial charge in [0.05, 0.1) is 19.1 Å². The smallest absolute Gasteiger partial charge is 0.453 e. The number of carbonyl (C=O) groups excluding carboxylic acids is 1. The van der Waals surface area contributed by atoms with Gasteiger partial charge in [-0.05, 0) is 55.7 Å². The highest BCUT2D eigenvalue weighted by Crippen LogP contribution is 2.39. The Morgan fingerprint density at radius 1 is 1.00 bits per heavy atom. The van der Waals surface area contributed by atoms with Crippen LogP contribution in [0.25, 0.3) is 11.0 Å². The molecule has 0 N–H and O–H groups in total. The van der Waals surface area contributed by atoms with Crippen LogP contribution in [0, 0.1) is 5.92 Å². The normalized spacial score (nSPS) is 12.5. The molecule has 1 unspecified atom stereocenters. The third-order valence-corrected chi connectivity index (χ3v) is 4.94. The van der Waals surface area contributed by atoms with Crippen LogP contribution in [-0.4, -0.2) is 25.8 Å². The minimum absolute atomic E-state index is 0.00675. The Bertz CT molecular complexity index is 1230. The van der Waals surface area contributed by atoms with Gasteiger partial charge < -0.3 is 23.4 Å². The fourth-order valence-corrected chi connectivity index (χ4v) is 3.04. The molecule has 10 heteroatoms. The molecule has 1 heterocycles. The molecule has 0 aliphatic rings. The zero-order valence-corrected chi connectivity index (χ0v) is 19.6. The highest BCUT2D eigenvalue weighted by Gasteiger charge is 2.40. The summed E-state index contributed by atoms with van der Waals surface area (Å²) in [5, 5.41) is -0.152. The van der Waals surface area contributed by atoms with E-state index in [9.17, 15) is 22.8 Å². The van der Waals surface area contributed by atoms with Crippen LogP contribution in [-0.2, 0) is 15.7 Å². The lowest BCUT2D eigenvalue weighted by atomic mass is 10.1. The SMILES string of the molecule is COc1ccc(Oc2c(C(F)(F)F)oc3cc(OC(C)C(=O)OCCC(C)C)ccc3c2=O)cc1. The highest BCUT2D eigenvalue weighted by atomic mass is 19.4. The Morgan fingerprint density at radius 3 is 2.23 bits per heavy atom. The molecule has 35 heavy (non-hydrogen) atoms. The van der Waals surface area contributed by atoms with Crippen molar-refractivity contribution >= 4 is 16.9 Å². The van der Waals surface area contributed by atoms with E-state index in [4.69, 9.17) is 23.4 Å². The number of halogens is 3. The van der Waals surface area contributed by atoms with Crippen LogP contribution >= 0.6 is 0 Å². The van der Waals surface area contributed by atoms with Gasteiger partial charge in [0.2, 0.25) is 11.2 Å². The average Bonchev–Trinajstić information content (AvgIpc) is 2.80. The predicted octanol–water partition coefficient (Wildman–Crippen LogP) is 5.97. The van der Waals surface area contributed by atoms with Crippen LogP contribution in [0.4, 0.5) is 13.2 Å². The Labute approximate surface area is 199 Å². The van der Waals surface area contributed by atoms with Crippen molar-refractivity contribution in [3.8, 4) is 23.0 Å². The fraction of sp³-hybridized carbons (Fsp3) is 0.360. The Hall–Kier alpha value is -3.69. The Morgan fingerprint density at radius 2 is 1.63 bits per heavy atom. The zero-order chi connectivity index (χ0) is 25.8. The van der Waals surface area contributed by atoms with Gasteiger partial charge in [-0.1, -0.05) is 13.8 Å². The second-order valence-electron chi connectivity index (χ2n) is 8.13. The van der Waals surface area contributed by atoms with E-state index >= 15 is 0 Å². The molecule has 3 rings (SSSR count). The largest absolute Gasteiger partial charge is 0.497 e. The number of benzene rings is 2.